The number of nitrogens with zero attached hydrogens (tertiary/aromatic N) is 4. The van der Waals surface area contributed by atoms with Gasteiger partial charge in [-0.05, 0) is 46.7 Å². The van der Waals surface area contributed by atoms with Crippen molar-refractivity contribution < 1.29 is 0 Å². The zero-order chi connectivity index (χ0) is 13.1. The summed E-state index contributed by atoms with van der Waals surface area (Å²) in [6.07, 6.45) is 2.46. The summed E-state index contributed by atoms with van der Waals surface area (Å²) in [5, 5.41) is 0. The van der Waals surface area contributed by atoms with Gasteiger partial charge in [-0.3, -0.25) is 0 Å². The van der Waals surface area contributed by atoms with Crippen LogP contribution in [0.1, 0.15) is 31.2 Å². The summed E-state index contributed by atoms with van der Waals surface area (Å²) in [4.78, 5) is 13.9. The number of rotatable bonds is 1. The van der Waals surface area contributed by atoms with Crippen molar-refractivity contribution in [3.8, 4) is 0 Å². The Balaban J connectivity index is 2.12. The van der Waals surface area contributed by atoms with E-state index in [-0.39, 0.29) is 0 Å². The van der Waals surface area contributed by atoms with Gasteiger partial charge in [-0.25, -0.2) is 9.97 Å². The summed E-state index contributed by atoms with van der Waals surface area (Å²) in [5.41, 5.74) is 2.11. The Morgan fingerprint density at radius 1 is 1.11 bits per heavy atom. The van der Waals surface area contributed by atoms with Crippen LogP contribution in [0.25, 0.3) is 0 Å². The largest absolute Gasteiger partial charge is 0.340 e. The number of anilines is 1. The zero-order valence-electron chi connectivity index (χ0n) is 12.0. The highest BCUT2D eigenvalue weighted by Gasteiger charge is 2.17. The maximum absolute atomic E-state index is 4.57. The minimum atomic E-state index is 0.687. The average Bonchev–Trinajstić information content (AvgIpc) is 2.29. The monoisotopic (exact) mass is 248 g/mol. The van der Waals surface area contributed by atoms with E-state index in [1.54, 1.807) is 0 Å². The second kappa shape index (κ2) is 5.65. The molecular weight excluding hydrogens is 224 g/mol. The highest BCUT2D eigenvalue weighted by atomic mass is 15.3. The van der Waals surface area contributed by atoms with Crippen LogP contribution in [-0.2, 0) is 0 Å². The molecule has 1 aliphatic heterocycles. The number of hydrogen-bond acceptors (Lipinski definition) is 4. The van der Waals surface area contributed by atoms with Gasteiger partial charge >= 0.3 is 0 Å². The van der Waals surface area contributed by atoms with Gasteiger partial charge in [-0.1, -0.05) is 0 Å². The lowest BCUT2D eigenvalue weighted by atomic mass is 10.1. The second-order valence-corrected chi connectivity index (χ2v) is 5.41. The second-order valence-electron chi connectivity index (χ2n) is 5.41. The van der Waals surface area contributed by atoms with Crippen molar-refractivity contribution in [2.75, 3.05) is 31.6 Å². The average molecular weight is 248 g/mol. The quantitative estimate of drug-likeness (QED) is 0.761. The van der Waals surface area contributed by atoms with Crippen molar-refractivity contribution in [3.05, 3.63) is 17.5 Å². The van der Waals surface area contributed by atoms with Crippen molar-refractivity contribution >= 4 is 5.95 Å². The lowest BCUT2D eigenvalue weighted by Gasteiger charge is -2.32. The van der Waals surface area contributed by atoms with Crippen molar-refractivity contribution in [3.63, 3.8) is 0 Å². The minimum Gasteiger partial charge on any atom is -0.340 e. The standard InChI is InChI=1S/C14H24N4/c1-11-10-12(2)16-14(15-11)18-7-5-6-13(3)17(4)8-9-18/h10,13H,5-9H2,1-4H3/t13-/m1/s1. The van der Waals surface area contributed by atoms with Crippen molar-refractivity contribution in [1.29, 1.82) is 0 Å². The molecule has 0 bridgehead atoms. The fraction of sp³-hybridized carbons (Fsp3) is 0.714. The van der Waals surface area contributed by atoms with Crippen LogP contribution in [0.4, 0.5) is 5.95 Å². The molecule has 1 aromatic heterocycles. The van der Waals surface area contributed by atoms with Gasteiger partial charge < -0.3 is 9.80 Å². The molecule has 0 spiro atoms. The van der Waals surface area contributed by atoms with E-state index >= 15 is 0 Å². The Hall–Kier alpha value is -1.16. The molecule has 0 aliphatic carbocycles. The highest BCUT2D eigenvalue weighted by Crippen LogP contribution is 2.15. The Labute approximate surface area is 110 Å². The summed E-state index contributed by atoms with van der Waals surface area (Å²) in [5.74, 6) is 0.899. The number of likely N-dealkylation sites (N-methyl/N-ethyl adjacent to an activating group) is 1. The van der Waals surface area contributed by atoms with E-state index in [0.717, 1.165) is 37.0 Å². The molecule has 0 amide bonds. The van der Waals surface area contributed by atoms with E-state index in [2.05, 4.69) is 33.7 Å². The summed E-state index contributed by atoms with van der Waals surface area (Å²) in [7, 11) is 2.20. The molecule has 0 aromatic carbocycles. The number of hydrogen-bond donors (Lipinski definition) is 0. The van der Waals surface area contributed by atoms with Crippen LogP contribution in [0.5, 0.6) is 0 Å². The normalized spacial score (nSPS) is 22.7. The molecular formula is C14H24N4. The van der Waals surface area contributed by atoms with Crippen LogP contribution in [0.2, 0.25) is 0 Å². The van der Waals surface area contributed by atoms with Crippen LogP contribution in [0, 0.1) is 13.8 Å². The maximum Gasteiger partial charge on any atom is 0.225 e. The number of aryl methyl sites for hydroxylation is 2. The first-order valence-electron chi connectivity index (χ1n) is 6.84. The van der Waals surface area contributed by atoms with Gasteiger partial charge in [-0.2, -0.15) is 0 Å². The van der Waals surface area contributed by atoms with Crippen LogP contribution in [0.3, 0.4) is 0 Å². The van der Waals surface area contributed by atoms with Gasteiger partial charge in [0.15, 0.2) is 0 Å². The first-order chi connectivity index (χ1) is 8.56. The van der Waals surface area contributed by atoms with E-state index in [4.69, 9.17) is 0 Å². The van der Waals surface area contributed by atoms with E-state index < -0.39 is 0 Å². The first kappa shape index (κ1) is 13.3. The summed E-state index contributed by atoms with van der Waals surface area (Å²) < 4.78 is 0. The molecule has 18 heavy (non-hydrogen) atoms. The Bertz CT molecular complexity index is 385. The maximum atomic E-state index is 4.57. The Morgan fingerprint density at radius 3 is 2.44 bits per heavy atom. The molecule has 1 fully saturated rings. The highest BCUT2D eigenvalue weighted by molar-refractivity contribution is 5.32. The SMILES string of the molecule is Cc1cc(C)nc(N2CCC[C@@H](C)N(C)CC2)n1. The third-order valence-corrected chi connectivity index (χ3v) is 3.78. The summed E-state index contributed by atoms with van der Waals surface area (Å²) in [6, 6.07) is 2.72. The number of aromatic nitrogens is 2. The van der Waals surface area contributed by atoms with Gasteiger partial charge in [0.25, 0.3) is 0 Å². The molecule has 4 heteroatoms. The Kier molecular flexibility index (Phi) is 4.17. The van der Waals surface area contributed by atoms with Crippen molar-refractivity contribution in [2.45, 2.75) is 39.7 Å². The van der Waals surface area contributed by atoms with Crippen LogP contribution >= 0.6 is 0 Å². The molecule has 2 rings (SSSR count). The lowest BCUT2D eigenvalue weighted by Crippen LogP contribution is -2.41. The van der Waals surface area contributed by atoms with Crippen LogP contribution in [-0.4, -0.2) is 47.6 Å². The molecule has 0 unspecified atom stereocenters. The van der Waals surface area contributed by atoms with Gasteiger partial charge in [0.1, 0.15) is 0 Å². The Morgan fingerprint density at radius 2 is 1.78 bits per heavy atom. The molecule has 0 saturated carbocycles. The third kappa shape index (κ3) is 3.19. The molecule has 1 saturated heterocycles. The third-order valence-electron chi connectivity index (χ3n) is 3.78. The summed E-state index contributed by atoms with van der Waals surface area (Å²) in [6.45, 7) is 9.55. The van der Waals surface area contributed by atoms with Crippen LogP contribution < -0.4 is 4.90 Å². The minimum absolute atomic E-state index is 0.687. The predicted molar refractivity (Wildman–Crippen MR) is 75.0 cm³/mol. The lowest BCUT2D eigenvalue weighted by molar-refractivity contribution is 0.237. The van der Waals surface area contributed by atoms with E-state index in [9.17, 15) is 0 Å². The molecule has 1 aromatic rings. The molecule has 100 valence electrons. The molecule has 1 aliphatic rings. The zero-order valence-corrected chi connectivity index (χ0v) is 12.0. The molecule has 0 radical (unpaired) electrons. The smallest absolute Gasteiger partial charge is 0.225 e. The van der Waals surface area contributed by atoms with Gasteiger partial charge in [0.05, 0.1) is 0 Å². The van der Waals surface area contributed by atoms with E-state index in [0.29, 0.717) is 6.04 Å². The van der Waals surface area contributed by atoms with Crippen LogP contribution in [0.15, 0.2) is 6.07 Å². The molecule has 2 heterocycles. The van der Waals surface area contributed by atoms with Gasteiger partial charge in [0, 0.05) is 37.1 Å². The summed E-state index contributed by atoms with van der Waals surface area (Å²) >= 11 is 0. The van der Waals surface area contributed by atoms with Crippen molar-refractivity contribution in [1.82, 2.24) is 14.9 Å². The molecule has 4 nitrogen and oxygen atoms in total. The van der Waals surface area contributed by atoms with Gasteiger partial charge in [-0.15, -0.1) is 0 Å². The van der Waals surface area contributed by atoms with E-state index in [1.807, 2.05) is 19.9 Å². The van der Waals surface area contributed by atoms with E-state index in [1.165, 1.54) is 12.8 Å². The predicted octanol–water partition coefficient (Wildman–Crippen LogP) is 2.01. The first-order valence-corrected chi connectivity index (χ1v) is 6.84. The van der Waals surface area contributed by atoms with Gasteiger partial charge in [0.2, 0.25) is 5.95 Å². The molecule has 0 N–H and O–H groups in total. The topological polar surface area (TPSA) is 32.3 Å². The van der Waals surface area contributed by atoms with Crippen molar-refractivity contribution in [2.24, 2.45) is 0 Å². The molecule has 1 atom stereocenters. The fourth-order valence-electron chi connectivity index (χ4n) is 2.46. The fourth-order valence-corrected chi connectivity index (χ4v) is 2.46.